The predicted molar refractivity (Wildman–Crippen MR) is 94.8 cm³/mol. The Hall–Kier alpha value is -1.63. The van der Waals surface area contributed by atoms with E-state index in [4.69, 9.17) is 4.74 Å². The summed E-state index contributed by atoms with van der Waals surface area (Å²) in [7, 11) is 0. The second kappa shape index (κ2) is 7.77. The Morgan fingerprint density at radius 1 is 1.22 bits per heavy atom. The van der Waals surface area contributed by atoms with Gasteiger partial charge in [-0.3, -0.25) is 4.57 Å². The molecule has 0 N–H and O–H groups in total. The normalized spacial score (nSPS) is 12.4. The molecule has 3 aromatic rings. The van der Waals surface area contributed by atoms with Crippen molar-refractivity contribution in [2.75, 3.05) is 6.61 Å². The molecule has 3 rings (SSSR count). The lowest BCUT2D eigenvalue weighted by molar-refractivity contribution is 0.0349. The molecule has 120 valence electrons. The van der Waals surface area contributed by atoms with Gasteiger partial charge in [0.25, 0.3) is 0 Å². The fourth-order valence-corrected chi connectivity index (χ4v) is 4.17. The Morgan fingerprint density at radius 3 is 2.74 bits per heavy atom. The van der Waals surface area contributed by atoms with E-state index in [0.717, 1.165) is 16.5 Å². The summed E-state index contributed by atoms with van der Waals surface area (Å²) in [5.41, 5.74) is 1.10. The largest absolute Gasteiger partial charge is 0.354 e. The molecule has 0 radical (unpaired) electrons. The Balaban J connectivity index is 1.80. The number of rotatable bonds is 7. The van der Waals surface area contributed by atoms with E-state index in [1.807, 2.05) is 41.0 Å². The molecule has 0 amide bonds. The number of aromatic nitrogens is 3. The van der Waals surface area contributed by atoms with Gasteiger partial charge in [-0.25, -0.2) is 0 Å². The van der Waals surface area contributed by atoms with Gasteiger partial charge < -0.3 is 4.74 Å². The summed E-state index contributed by atoms with van der Waals surface area (Å²) in [5.74, 6) is 0.894. The lowest BCUT2D eigenvalue weighted by Gasteiger charge is -2.20. The van der Waals surface area contributed by atoms with Gasteiger partial charge in [0.05, 0.1) is 0 Å². The zero-order valence-corrected chi connectivity index (χ0v) is 14.8. The molecule has 0 spiro atoms. The van der Waals surface area contributed by atoms with Crippen molar-refractivity contribution >= 4 is 23.1 Å². The average molecular weight is 345 g/mol. The van der Waals surface area contributed by atoms with Crippen LogP contribution in [0.4, 0.5) is 0 Å². The van der Waals surface area contributed by atoms with Crippen molar-refractivity contribution in [1.29, 1.82) is 0 Å². The first-order valence-electron chi connectivity index (χ1n) is 7.52. The molecule has 1 unspecified atom stereocenters. The highest BCUT2D eigenvalue weighted by atomic mass is 32.2. The summed E-state index contributed by atoms with van der Waals surface area (Å²) in [5, 5.41) is 9.22. The summed E-state index contributed by atoms with van der Waals surface area (Å²) in [6, 6.07) is 14.5. The minimum absolute atomic E-state index is 0.191. The molecule has 23 heavy (non-hydrogen) atoms. The Morgan fingerprint density at radius 2 is 2.04 bits per heavy atom. The molecule has 0 fully saturated rings. The summed E-state index contributed by atoms with van der Waals surface area (Å²) in [4.78, 5) is 2.67. The third kappa shape index (κ3) is 4.02. The van der Waals surface area contributed by atoms with Crippen LogP contribution >= 0.6 is 23.1 Å². The number of ether oxygens (including phenoxy) is 1. The minimum atomic E-state index is -0.191. The van der Waals surface area contributed by atoms with E-state index < -0.39 is 0 Å². The maximum absolute atomic E-state index is 5.94. The molecule has 1 atom stereocenters. The first-order valence-corrected chi connectivity index (χ1v) is 9.32. The van der Waals surface area contributed by atoms with Gasteiger partial charge in [0.2, 0.25) is 0 Å². The van der Waals surface area contributed by atoms with Crippen molar-refractivity contribution in [1.82, 2.24) is 14.8 Å². The zero-order valence-electron chi connectivity index (χ0n) is 13.2. The number of hydrogen-bond donors (Lipinski definition) is 0. The van der Waals surface area contributed by atoms with E-state index in [-0.39, 0.29) is 6.23 Å². The number of thiophene rings is 1. The number of benzene rings is 1. The Kier molecular flexibility index (Phi) is 5.48. The van der Waals surface area contributed by atoms with Crippen LogP contribution in [0.2, 0.25) is 0 Å². The molecule has 0 aliphatic rings. The van der Waals surface area contributed by atoms with Crippen LogP contribution in [0.3, 0.4) is 0 Å². The number of nitrogens with zero attached hydrogens (tertiary/aromatic N) is 3. The van der Waals surface area contributed by atoms with E-state index in [0.29, 0.717) is 6.61 Å². The van der Waals surface area contributed by atoms with Crippen molar-refractivity contribution in [3.05, 3.63) is 64.1 Å². The molecule has 1 aromatic carbocycles. The van der Waals surface area contributed by atoms with Crippen LogP contribution in [-0.4, -0.2) is 21.4 Å². The topological polar surface area (TPSA) is 39.9 Å². The lowest BCUT2D eigenvalue weighted by atomic mass is 10.2. The van der Waals surface area contributed by atoms with Gasteiger partial charge in [0, 0.05) is 27.7 Å². The predicted octanol–water partition coefficient (Wildman–Crippen LogP) is 4.52. The third-order valence-electron chi connectivity index (χ3n) is 3.34. The minimum Gasteiger partial charge on any atom is -0.354 e. The van der Waals surface area contributed by atoms with Gasteiger partial charge >= 0.3 is 0 Å². The van der Waals surface area contributed by atoms with Gasteiger partial charge in [-0.15, -0.1) is 21.5 Å². The highest BCUT2D eigenvalue weighted by molar-refractivity contribution is 7.98. The van der Waals surface area contributed by atoms with Crippen LogP contribution in [0.25, 0.3) is 0 Å². The summed E-state index contributed by atoms with van der Waals surface area (Å²) < 4.78 is 7.95. The zero-order chi connectivity index (χ0) is 16.1. The molecule has 0 aliphatic heterocycles. The fraction of sp³-hybridized carbons (Fsp3) is 0.294. The second-order valence-electron chi connectivity index (χ2n) is 5.04. The van der Waals surface area contributed by atoms with Crippen molar-refractivity contribution in [3.8, 4) is 0 Å². The fourth-order valence-electron chi connectivity index (χ4n) is 2.31. The third-order valence-corrected chi connectivity index (χ3v) is 5.53. The maximum Gasteiger partial charge on any atom is 0.193 e. The smallest absolute Gasteiger partial charge is 0.193 e. The van der Waals surface area contributed by atoms with Gasteiger partial charge in [0.1, 0.15) is 6.33 Å². The monoisotopic (exact) mass is 345 g/mol. The van der Waals surface area contributed by atoms with Crippen LogP contribution in [0.1, 0.15) is 28.5 Å². The van der Waals surface area contributed by atoms with Gasteiger partial charge in [0.15, 0.2) is 11.4 Å². The number of aryl methyl sites for hydroxylation is 1. The molecule has 0 saturated heterocycles. The summed E-state index contributed by atoms with van der Waals surface area (Å²) in [6.45, 7) is 4.76. The number of thioether (sulfide) groups is 1. The van der Waals surface area contributed by atoms with Crippen molar-refractivity contribution < 1.29 is 4.74 Å². The second-order valence-corrected chi connectivity index (χ2v) is 7.36. The summed E-state index contributed by atoms with van der Waals surface area (Å²) >= 11 is 3.51. The van der Waals surface area contributed by atoms with E-state index in [1.165, 1.54) is 9.75 Å². The van der Waals surface area contributed by atoms with Crippen molar-refractivity contribution in [2.45, 2.75) is 31.0 Å². The van der Waals surface area contributed by atoms with E-state index >= 15 is 0 Å². The van der Waals surface area contributed by atoms with E-state index in [1.54, 1.807) is 18.1 Å². The highest BCUT2D eigenvalue weighted by Gasteiger charge is 2.18. The molecule has 0 saturated carbocycles. The maximum atomic E-state index is 5.94. The molecule has 0 bridgehead atoms. The van der Waals surface area contributed by atoms with Gasteiger partial charge in [-0.2, -0.15) is 0 Å². The van der Waals surface area contributed by atoms with Crippen LogP contribution in [0, 0.1) is 6.92 Å². The van der Waals surface area contributed by atoms with Crippen LogP contribution in [-0.2, 0) is 10.5 Å². The lowest BCUT2D eigenvalue weighted by Crippen LogP contribution is -2.14. The first-order chi connectivity index (χ1) is 11.3. The van der Waals surface area contributed by atoms with Gasteiger partial charge in [-0.05, 0) is 26.0 Å². The molecular formula is C17H19N3OS2. The van der Waals surface area contributed by atoms with Crippen molar-refractivity contribution in [3.63, 3.8) is 0 Å². The molecule has 4 nitrogen and oxygen atoms in total. The molecular weight excluding hydrogens is 326 g/mol. The standard InChI is InChI=1S/C17H19N3OS2/c1-3-21-16(14-7-5-4-6-8-14)20-12-18-19-17(20)22-11-15-10-9-13(2)23-15/h4-10,12,16H,3,11H2,1-2H3. The molecule has 6 heteroatoms. The van der Waals surface area contributed by atoms with E-state index in [2.05, 4.69) is 41.4 Å². The number of hydrogen-bond acceptors (Lipinski definition) is 5. The highest BCUT2D eigenvalue weighted by Crippen LogP contribution is 2.29. The first kappa shape index (κ1) is 16.2. The van der Waals surface area contributed by atoms with E-state index in [9.17, 15) is 0 Å². The molecule has 2 heterocycles. The van der Waals surface area contributed by atoms with Crippen LogP contribution in [0.5, 0.6) is 0 Å². The average Bonchev–Trinajstić information content (AvgIpc) is 3.20. The molecule has 0 aliphatic carbocycles. The van der Waals surface area contributed by atoms with Gasteiger partial charge in [-0.1, -0.05) is 42.1 Å². The molecule has 2 aromatic heterocycles. The Labute approximate surface area is 144 Å². The SMILES string of the molecule is CCOC(c1ccccc1)n1cnnc1SCc1ccc(C)s1. The summed E-state index contributed by atoms with van der Waals surface area (Å²) in [6.07, 6.45) is 1.55. The van der Waals surface area contributed by atoms with Crippen LogP contribution < -0.4 is 0 Å². The quantitative estimate of drug-likeness (QED) is 0.590. The Bertz CT molecular complexity index is 739. The van der Waals surface area contributed by atoms with Crippen LogP contribution in [0.15, 0.2) is 53.9 Å². The van der Waals surface area contributed by atoms with Crippen molar-refractivity contribution in [2.24, 2.45) is 0 Å².